The lowest BCUT2D eigenvalue weighted by molar-refractivity contribution is -0.142. The van der Waals surface area contributed by atoms with Crippen molar-refractivity contribution in [3.05, 3.63) is 54.6 Å². The van der Waals surface area contributed by atoms with Crippen molar-refractivity contribution in [2.45, 2.75) is 12.5 Å². The van der Waals surface area contributed by atoms with Crippen molar-refractivity contribution in [1.82, 2.24) is 4.90 Å². The molecule has 0 saturated carbocycles. The molecule has 1 aliphatic rings. The first-order valence-electron chi connectivity index (χ1n) is 9.15. The van der Waals surface area contributed by atoms with Gasteiger partial charge in [-0.2, -0.15) is 11.8 Å². The van der Waals surface area contributed by atoms with Crippen LogP contribution in [0.4, 0.5) is 5.69 Å². The van der Waals surface area contributed by atoms with Gasteiger partial charge in [-0.1, -0.05) is 24.3 Å². The molecule has 7 heteroatoms. The molecule has 0 aliphatic carbocycles. The zero-order valence-corrected chi connectivity index (χ0v) is 16.6. The molecule has 2 aromatic carbocycles. The van der Waals surface area contributed by atoms with Crippen LogP contribution in [0.3, 0.4) is 0 Å². The van der Waals surface area contributed by atoms with Gasteiger partial charge in [0.2, 0.25) is 5.91 Å². The number of nitrogens with one attached hydrogen (secondary N) is 1. The standard InChI is InChI=1S/C21H24N2O4S/c1-26-21(25)13-17-15-28-11-10-23(17)14-20(24)22-16-6-5-9-19(12-16)27-18-7-3-2-4-8-18/h2-9,12,17H,10-11,13-15H2,1H3,(H,22,24)/t17-/m0/s1. The van der Waals surface area contributed by atoms with E-state index in [1.165, 1.54) is 7.11 Å². The van der Waals surface area contributed by atoms with Gasteiger partial charge in [0.15, 0.2) is 0 Å². The van der Waals surface area contributed by atoms with E-state index in [0.29, 0.717) is 17.9 Å². The van der Waals surface area contributed by atoms with Crippen LogP contribution >= 0.6 is 11.8 Å². The van der Waals surface area contributed by atoms with Gasteiger partial charge in [-0.25, -0.2) is 0 Å². The molecule has 2 aromatic rings. The molecule has 3 rings (SSSR count). The van der Waals surface area contributed by atoms with E-state index in [2.05, 4.69) is 5.32 Å². The summed E-state index contributed by atoms with van der Waals surface area (Å²) in [4.78, 5) is 26.2. The molecule has 1 amide bonds. The summed E-state index contributed by atoms with van der Waals surface area (Å²) in [5.41, 5.74) is 0.675. The van der Waals surface area contributed by atoms with Crippen molar-refractivity contribution in [3.63, 3.8) is 0 Å². The maximum atomic E-state index is 12.5. The highest BCUT2D eigenvalue weighted by atomic mass is 32.2. The highest BCUT2D eigenvalue weighted by Gasteiger charge is 2.27. The largest absolute Gasteiger partial charge is 0.469 e. The van der Waals surface area contributed by atoms with Gasteiger partial charge in [-0.05, 0) is 24.3 Å². The first-order chi connectivity index (χ1) is 13.6. The number of rotatable bonds is 7. The molecule has 0 unspecified atom stereocenters. The summed E-state index contributed by atoms with van der Waals surface area (Å²) in [5, 5.41) is 2.92. The van der Waals surface area contributed by atoms with Crippen LogP contribution in [0.1, 0.15) is 6.42 Å². The molecule has 0 aromatic heterocycles. The number of esters is 1. The van der Waals surface area contributed by atoms with Crippen LogP contribution < -0.4 is 10.1 Å². The van der Waals surface area contributed by atoms with Crippen LogP contribution in [-0.2, 0) is 14.3 Å². The zero-order valence-electron chi connectivity index (χ0n) is 15.8. The van der Waals surface area contributed by atoms with Gasteiger partial charge in [0.25, 0.3) is 0 Å². The lowest BCUT2D eigenvalue weighted by Crippen LogP contribution is -2.47. The Balaban J connectivity index is 1.58. The normalized spacial score (nSPS) is 17.0. The van der Waals surface area contributed by atoms with E-state index in [1.807, 2.05) is 53.4 Å². The van der Waals surface area contributed by atoms with Crippen LogP contribution in [0.5, 0.6) is 11.5 Å². The number of methoxy groups -OCH3 is 1. The Bertz CT molecular complexity index is 800. The van der Waals surface area contributed by atoms with Crippen molar-refractivity contribution in [2.24, 2.45) is 0 Å². The fourth-order valence-electron chi connectivity index (χ4n) is 3.01. The van der Waals surface area contributed by atoms with Gasteiger partial charge >= 0.3 is 5.97 Å². The molecule has 1 atom stereocenters. The summed E-state index contributed by atoms with van der Waals surface area (Å²) in [6.45, 7) is 1.02. The Morgan fingerprint density at radius 2 is 1.93 bits per heavy atom. The number of ether oxygens (including phenoxy) is 2. The summed E-state index contributed by atoms with van der Waals surface area (Å²) < 4.78 is 10.6. The van der Waals surface area contributed by atoms with Crippen LogP contribution in [0.15, 0.2) is 54.6 Å². The number of hydrogen-bond acceptors (Lipinski definition) is 6. The van der Waals surface area contributed by atoms with E-state index in [-0.39, 0.29) is 24.5 Å². The fraction of sp³-hybridized carbons (Fsp3) is 0.333. The maximum absolute atomic E-state index is 12.5. The Morgan fingerprint density at radius 1 is 1.14 bits per heavy atom. The lowest BCUT2D eigenvalue weighted by atomic mass is 10.2. The van der Waals surface area contributed by atoms with Gasteiger partial charge in [-0.3, -0.25) is 14.5 Å². The number of para-hydroxylation sites is 1. The molecule has 6 nitrogen and oxygen atoms in total. The van der Waals surface area contributed by atoms with Crippen LogP contribution in [0, 0.1) is 0 Å². The molecule has 0 spiro atoms. The number of anilines is 1. The molecule has 1 aliphatic heterocycles. The number of amides is 1. The van der Waals surface area contributed by atoms with Gasteiger partial charge in [-0.15, -0.1) is 0 Å². The molecule has 1 heterocycles. The average molecular weight is 401 g/mol. The smallest absolute Gasteiger partial charge is 0.307 e. The van der Waals surface area contributed by atoms with Crippen molar-refractivity contribution in [2.75, 3.05) is 37.0 Å². The second-order valence-corrected chi connectivity index (χ2v) is 7.62. The van der Waals surface area contributed by atoms with Crippen LogP contribution in [-0.4, -0.2) is 54.5 Å². The molecule has 1 fully saturated rings. The SMILES string of the molecule is COC(=O)C[C@H]1CSCCN1CC(=O)Nc1cccc(Oc2ccccc2)c1. The molecule has 148 valence electrons. The fourth-order valence-corrected chi connectivity index (χ4v) is 4.14. The highest BCUT2D eigenvalue weighted by molar-refractivity contribution is 7.99. The number of carbonyl (C=O) groups excluding carboxylic acids is 2. The van der Waals surface area contributed by atoms with Gasteiger partial charge < -0.3 is 14.8 Å². The second-order valence-electron chi connectivity index (χ2n) is 6.47. The minimum Gasteiger partial charge on any atom is -0.469 e. The number of nitrogens with zero attached hydrogens (tertiary/aromatic N) is 1. The van der Waals surface area contributed by atoms with E-state index in [1.54, 1.807) is 17.8 Å². The van der Waals surface area contributed by atoms with E-state index < -0.39 is 0 Å². The minimum atomic E-state index is -0.247. The highest BCUT2D eigenvalue weighted by Crippen LogP contribution is 2.24. The topological polar surface area (TPSA) is 67.9 Å². The van der Waals surface area contributed by atoms with Gasteiger partial charge in [0.1, 0.15) is 11.5 Å². The number of benzene rings is 2. The summed E-state index contributed by atoms with van der Waals surface area (Å²) in [7, 11) is 1.39. The first-order valence-corrected chi connectivity index (χ1v) is 10.3. The molecular weight excluding hydrogens is 376 g/mol. The third-order valence-electron chi connectivity index (χ3n) is 4.42. The van der Waals surface area contributed by atoms with Gasteiger partial charge in [0, 0.05) is 35.8 Å². The van der Waals surface area contributed by atoms with Crippen molar-refractivity contribution < 1.29 is 19.1 Å². The monoisotopic (exact) mass is 400 g/mol. The van der Waals surface area contributed by atoms with Crippen molar-refractivity contribution >= 4 is 29.3 Å². The van der Waals surface area contributed by atoms with Crippen LogP contribution in [0.25, 0.3) is 0 Å². The molecule has 1 N–H and O–H groups in total. The Labute approximate surface area is 169 Å². The predicted octanol–water partition coefficient (Wildman–Crippen LogP) is 3.40. The van der Waals surface area contributed by atoms with E-state index in [4.69, 9.17) is 9.47 Å². The summed E-state index contributed by atoms with van der Waals surface area (Å²) >= 11 is 1.80. The van der Waals surface area contributed by atoms with Gasteiger partial charge in [0.05, 0.1) is 20.1 Å². The molecule has 0 bridgehead atoms. The third kappa shape index (κ3) is 6.00. The molecular formula is C21H24N2O4S. The van der Waals surface area contributed by atoms with E-state index in [9.17, 15) is 9.59 Å². The summed E-state index contributed by atoms with van der Waals surface area (Å²) in [6, 6.07) is 16.8. The Kier molecular flexibility index (Phi) is 7.33. The number of hydrogen-bond donors (Lipinski definition) is 1. The average Bonchev–Trinajstić information content (AvgIpc) is 2.70. The quantitative estimate of drug-likeness (QED) is 0.719. The van der Waals surface area contributed by atoms with Crippen molar-refractivity contribution in [3.8, 4) is 11.5 Å². The number of carbonyl (C=O) groups is 2. The third-order valence-corrected chi connectivity index (χ3v) is 5.51. The second kappa shape index (κ2) is 10.1. The zero-order chi connectivity index (χ0) is 19.8. The van der Waals surface area contributed by atoms with E-state index >= 15 is 0 Å². The summed E-state index contributed by atoms with van der Waals surface area (Å²) in [6.07, 6.45) is 0.303. The Morgan fingerprint density at radius 3 is 2.71 bits per heavy atom. The minimum absolute atomic E-state index is 0.0182. The van der Waals surface area contributed by atoms with E-state index in [0.717, 1.165) is 23.8 Å². The maximum Gasteiger partial charge on any atom is 0.307 e. The summed E-state index contributed by atoms with van der Waals surface area (Å²) in [5.74, 6) is 2.81. The van der Waals surface area contributed by atoms with Crippen molar-refractivity contribution in [1.29, 1.82) is 0 Å². The molecule has 1 saturated heterocycles. The first kappa shape index (κ1) is 20.2. The lowest BCUT2D eigenvalue weighted by Gasteiger charge is -2.34. The van der Waals surface area contributed by atoms with Crippen LogP contribution in [0.2, 0.25) is 0 Å². The predicted molar refractivity (Wildman–Crippen MR) is 111 cm³/mol. The number of thioether (sulfide) groups is 1. The Hall–Kier alpha value is -2.51. The molecule has 0 radical (unpaired) electrons. The molecule has 28 heavy (non-hydrogen) atoms.